The van der Waals surface area contributed by atoms with E-state index in [1.54, 1.807) is 6.92 Å². The van der Waals surface area contributed by atoms with Crippen molar-refractivity contribution in [3.8, 4) is 0 Å². The SMILES string of the molecule is COC[C@@H](O)C(OC(C)OCCO)C(C)C. The number of hydrogen-bond acceptors (Lipinski definition) is 5. The van der Waals surface area contributed by atoms with E-state index in [4.69, 9.17) is 19.3 Å². The Bertz CT molecular complexity index is 162. The third-order valence-corrected chi connectivity index (χ3v) is 2.17. The summed E-state index contributed by atoms with van der Waals surface area (Å²) in [6.07, 6.45) is -1.47. The minimum Gasteiger partial charge on any atom is -0.394 e. The van der Waals surface area contributed by atoms with Crippen LogP contribution in [0.5, 0.6) is 0 Å². The molecule has 2 unspecified atom stereocenters. The first-order valence-corrected chi connectivity index (χ1v) is 5.57. The predicted octanol–water partition coefficient (Wildman–Crippen LogP) is 0.390. The van der Waals surface area contributed by atoms with Crippen molar-refractivity contribution in [2.24, 2.45) is 5.92 Å². The van der Waals surface area contributed by atoms with Crippen molar-refractivity contribution in [3.63, 3.8) is 0 Å². The van der Waals surface area contributed by atoms with E-state index >= 15 is 0 Å². The van der Waals surface area contributed by atoms with Crippen molar-refractivity contribution in [1.29, 1.82) is 0 Å². The maximum absolute atomic E-state index is 9.80. The van der Waals surface area contributed by atoms with Gasteiger partial charge in [0, 0.05) is 7.11 Å². The van der Waals surface area contributed by atoms with Crippen molar-refractivity contribution < 1.29 is 24.4 Å². The molecule has 0 aromatic heterocycles. The Morgan fingerprint density at radius 2 is 1.81 bits per heavy atom. The van der Waals surface area contributed by atoms with Crippen LogP contribution >= 0.6 is 0 Å². The molecule has 0 aromatic carbocycles. The molecule has 0 fully saturated rings. The number of aliphatic hydroxyl groups excluding tert-OH is 2. The van der Waals surface area contributed by atoms with Gasteiger partial charge in [0.25, 0.3) is 0 Å². The molecule has 2 N–H and O–H groups in total. The largest absolute Gasteiger partial charge is 0.394 e. The molecule has 0 rings (SSSR count). The van der Waals surface area contributed by atoms with Gasteiger partial charge in [-0.2, -0.15) is 0 Å². The predicted molar refractivity (Wildman–Crippen MR) is 60.1 cm³/mol. The number of aliphatic hydroxyl groups is 2. The summed E-state index contributed by atoms with van der Waals surface area (Å²) in [7, 11) is 1.53. The molecule has 3 atom stereocenters. The summed E-state index contributed by atoms with van der Waals surface area (Å²) in [6, 6.07) is 0. The van der Waals surface area contributed by atoms with Crippen LogP contribution in [0.2, 0.25) is 0 Å². The monoisotopic (exact) mass is 236 g/mol. The summed E-state index contributed by atoms with van der Waals surface area (Å²) < 4.78 is 15.6. The Kier molecular flexibility index (Phi) is 8.78. The van der Waals surface area contributed by atoms with E-state index in [9.17, 15) is 5.11 Å². The highest BCUT2D eigenvalue weighted by atomic mass is 16.7. The van der Waals surface area contributed by atoms with E-state index in [1.165, 1.54) is 7.11 Å². The summed E-state index contributed by atoms with van der Waals surface area (Å²) in [5.41, 5.74) is 0. The van der Waals surface area contributed by atoms with Crippen molar-refractivity contribution in [2.75, 3.05) is 26.9 Å². The van der Waals surface area contributed by atoms with Gasteiger partial charge in [-0.3, -0.25) is 0 Å². The zero-order valence-electron chi connectivity index (χ0n) is 10.5. The third-order valence-electron chi connectivity index (χ3n) is 2.17. The van der Waals surface area contributed by atoms with Crippen LogP contribution in [0.1, 0.15) is 20.8 Å². The normalized spacial score (nSPS) is 17.4. The smallest absolute Gasteiger partial charge is 0.155 e. The lowest BCUT2D eigenvalue weighted by molar-refractivity contribution is -0.201. The Hall–Kier alpha value is -0.200. The lowest BCUT2D eigenvalue weighted by atomic mass is 10.0. The zero-order chi connectivity index (χ0) is 12.6. The Balaban J connectivity index is 4.11. The van der Waals surface area contributed by atoms with E-state index in [-0.39, 0.29) is 31.8 Å². The van der Waals surface area contributed by atoms with E-state index in [2.05, 4.69) is 0 Å². The summed E-state index contributed by atoms with van der Waals surface area (Å²) in [4.78, 5) is 0. The zero-order valence-corrected chi connectivity index (χ0v) is 10.5. The van der Waals surface area contributed by atoms with Crippen LogP contribution in [0.25, 0.3) is 0 Å². The van der Waals surface area contributed by atoms with Crippen molar-refractivity contribution in [3.05, 3.63) is 0 Å². The van der Waals surface area contributed by atoms with Crippen LogP contribution in [-0.2, 0) is 14.2 Å². The topological polar surface area (TPSA) is 68.2 Å². The molecule has 0 spiro atoms. The molecule has 98 valence electrons. The number of methoxy groups -OCH3 is 1. The van der Waals surface area contributed by atoms with Crippen LogP contribution in [-0.4, -0.2) is 55.6 Å². The van der Waals surface area contributed by atoms with Gasteiger partial charge in [-0.1, -0.05) is 13.8 Å². The first-order valence-electron chi connectivity index (χ1n) is 5.57. The summed E-state index contributed by atoms with van der Waals surface area (Å²) in [6.45, 7) is 6.08. The fraction of sp³-hybridized carbons (Fsp3) is 1.00. The summed E-state index contributed by atoms with van der Waals surface area (Å²) in [5, 5.41) is 18.4. The second-order valence-corrected chi connectivity index (χ2v) is 4.03. The quantitative estimate of drug-likeness (QED) is 0.567. The highest BCUT2D eigenvalue weighted by Gasteiger charge is 2.25. The van der Waals surface area contributed by atoms with Gasteiger partial charge in [-0.25, -0.2) is 0 Å². The van der Waals surface area contributed by atoms with E-state index in [1.807, 2.05) is 13.8 Å². The van der Waals surface area contributed by atoms with Gasteiger partial charge in [0.1, 0.15) is 6.10 Å². The molecule has 5 nitrogen and oxygen atoms in total. The first-order chi connectivity index (χ1) is 7.52. The molecule has 0 radical (unpaired) electrons. The minimum absolute atomic E-state index is 0.0410. The van der Waals surface area contributed by atoms with Crippen LogP contribution < -0.4 is 0 Å². The highest BCUT2D eigenvalue weighted by molar-refractivity contribution is 4.72. The fourth-order valence-corrected chi connectivity index (χ4v) is 1.44. The van der Waals surface area contributed by atoms with Gasteiger partial charge in [-0.05, 0) is 12.8 Å². The summed E-state index contributed by atoms with van der Waals surface area (Å²) >= 11 is 0. The Labute approximate surface area is 97.3 Å². The second-order valence-electron chi connectivity index (χ2n) is 4.03. The van der Waals surface area contributed by atoms with Crippen LogP contribution in [0, 0.1) is 5.92 Å². The molecule has 0 aliphatic rings. The lowest BCUT2D eigenvalue weighted by Gasteiger charge is -2.29. The average molecular weight is 236 g/mol. The van der Waals surface area contributed by atoms with E-state index in [0.29, 0.717) is 0 Å². The molecular formula is C11H24O5. The summed E-state index contributed by atoms with van der Waals surface area (Å²) in [5.74, 6) is 0.158. The third kappa shape index (κ3) is 6.40. The molecule has 0 heterocycles. The molecule has 0 aliphatic carbocycles. The van der Waals surface area contributed by atoms with Crippen LogP contribution in [0.15, 0.2) is 0 Å². The molecular weight excluding hydrogens is 212 g/mol. The molecule has 0 saturated carbocycles. The molecule has 5 heteroatoms. The Morgan fingerprint density at radius 1 is 1.19 bits per heavy atom. The maximum Gasteiger partial charge on any atom is 0.155 e. The first kappa shape index (κ1) is 15.8. The fourth-order valence-electron chi connectivity index (χ4n) is 1.44. The molecule has 0 saturated heterocycles. The average Bonchev–Trinajstić information content (AvgIpc) is 2.22. The highest BCUT2D eigenvalue weighted by Crippen LogP contribution is 2.14. The molecule has 0 bridgehead atoms. The minimum atomic E-state index is -0.676. The van der Waals surface area contributed by atoms with Gasteiger partial charge in [0.2, 0.25) is 0 Å². The van der Waals surface area contributed by atoms with Crippen LogP contribution in [0.4, 0.5) is 0 Å². The maximum atomic E-state index is 9.80. The van der Waals surface area contributed by atoms with Gasteiger partial charge in [0.15, 0.2) is 6.29 Å². The van der Waals surface area contributed by atoms with Gasteiger partial charge >= 0.3 is 0 Å². The molecule has 16 heavy (non-hydrogen) atoms. The van der Waals surface area contributed by atoms with Crippen molar-refractivity contribution in [2.45, 2.75) is 39.3 Å². The Morgan fingerprint density at radius 3 is 2.25 bits per heavy atom. The van der Waals surface area contributed by atoms with Gasteiger partial charge in [-0.15, -0.1) is 0 Å². The standard InChI is InChI=1S/C11H24O5/c1-8(2)11(10(13)7-14-4)16-9(3)15-6-5-12/h8-13H,5-7H2,1-4H3/t9?,10-,11?/m1/s1. The molecule has 0 aliphatic heterocycles. The van der Waals surface area contributed by atoms with Gasteiger partial charge in [0.05, 0.1) is 25.9 Å². The molecule has 0 amide bonds. The van der Waals surface area contributed by atoms with E-state index in [0.717, 1.165) is 0 Å². The lowest BCUT2D eigenvalue weighted by Crippen LogP contribution is -2.39. The molecule has 0 aromatic rings. The van der Waals surface area contributed by atoms with Gasteiger partial charge < -0.3 is 24.4 Å². The number of ether oxygens (including phenoxy) is 3. The second kappa shape index (κ2) is 8.90. The van der Waals surface area contributed by atoms with Crippen molar-refractivity contribution >= 4 is 0 Å². The van der Waals surface area contributed by atoms with Crippen LogP contribution in [0.3, 0.4) is 0 Å². The number of rotatable bonds is 9. The van der Waals surface area contributed by atoms with Crippen molar-refractivity contribution in [1.82, 2.24) is 0 Å². The van der Waals surface area contributed by atoms with E-state index < -0.39 is 12.4 Å². The number of hydrogen-bond donors (Lipinski definition) is 2.